The number of para-hydroxylation sites is 1. The molecule has 1 aromatic carbocycles. The topological polar surface area (TPSA) is 62.2 Å². The van der Waals surface area contributed by atoms with Crippen molar-refractivity contribution in [2.45, 2.75) is 6.61 Å². The number of amides is 1. The molecular weight excluding hydrogens is 235 g/mol. The van der Waals surface area contributed by atoms with Gasteiger partial charge in [0.25, 0.3) is 5.91 Å². The van der Waals surface area contributed by atoms with Gasteiger partial charge >= 0.3 is 0 Å². The van der Waals surface area contributed by atoms with Gasteiger partial charge in [-0.05, 0) is 24.3 Å². The molecule has 0 radical (unpaired) electrons. The number of carbonyl (C=O) groups excluding carboxylic acids is 1. The highest BCUT2D eigenvalue weighted by Gasteiger charge is 2.09. The minimum Gasteiger partial charge on any atom is -0.390 e. The number of aliphatic hydroxyl groups is 1. The fourth-order valence-electron chi connectivity index (χ4n) is 1.46. The van der Waals surface area contributed by atoms with Crippen molar-refractivity contribution in [3.8, 4) is 0 Å². The second-order valence-electron chi connectivity index (χ2n) is 3.63. The minimum absolute atomic E-state index is 0.116. The maximum absolute atomic E-state index is 13.3. The second-order valence-corrected chi connectivity index (χ2v) is 3.63. The Hall–Kier alpha value is -2.27. The van der Waals surface area contributed by atoms with Gasteiger partial charge in [-0.25, -0.2) is 4.39 Å². The quantitative estimate of drug-likeness (QED) is 0.870. The smallest absolute Gasteiger partial charge is 0.255 e. The number of hydrogen-bond donors (Lipinski definition) is 2. The first kappa shape index (κ1) is 12.2. The van der Waals surface area contributed by atoms with E-state index in [1.54, 1.807) is 12.1 Å². The Morgan fingerprint density at radius 1 is 1.33 bits per heavy atom. The maximum atomic E-state index is 13.3. The van der Waals surface area contributed by atoms with Crippen LogP contribution in [0.25, 0.3) is 0 Å². The highest BCUT2D eigenvalue weighted by atomic mass is 19.1. The zero-order valence-corrected chi connectivity index (χ0v) is 9.43. The number of halogens is 1. The zero-order chi connectivity index (χ0) is 13.0. The lowest BCUT2D eigenvalue weighted by atomic mass is 10.2. The highest BCUT2D eigenvalue weighted by Crippen LogP contribution is 2.14. The minimum atomic E-state index is -0.498. The fraction of sp³-hybridized carbons (Fsp3) is 0.0769. The van der Waals surface area contributed by atoms with Crippen LogP contribution < -0.4 is 5.32 Å². The average Bonchev–Trinajstić information content (AvgIpc) is 2.41. The van der Waals surface area contributed by atoms with E-state index in [0.717, 1.165) is 0 Å². The standard InChI is InChI=1S/C13H11FN2O2/c14-11-3-1-2-4-12(11)16-13(18)9-5-6-15-10(7-9)8-17/h1-7,17H,8H2,(H,16,18). The molecule has 18 heavy (non-hydrogen) atoms. The molecule has 0 atom stereocenters. The number of rotatable bonds is 3. The number of benzene rings is 1. The number of pyridine rings is 1. The molecule has 0 unspecified atom stereocenters. The Bertz CT molecular complexity index is 572. The number of aromatic nitrogens is 1. The molecule has 0 saturated heterocycles. The summed E-state index contributed by atoms with van der Waals surface area (Å²) in [5.41, 5.74) is 0.818. The summed E-state index contributed by atoms with van der Waals surface area (Å²) in [6, 6.07) is 8.86. The van der Waals surface area contributed by atoms with Crippen molar-refractivity contribution in [3.05, 3.63) is 59.7 Å². The molecule has 0 aliphatic heterocycles. The summed E-state index contributed by atoms with van der Waals surface area (Å²) in [5, 5.41) is 11.4. The van der Waals surface area contributed by atoms with Crippen LogP contribution >= 0.6 is 0 Å². The Balaban J connectivity index is 2.19. The number of anilines is 1. The average molecular weight is 246 g/mol. The van der Waals surface area contributed by atoms with Gasteiger partial charge in [0.15, 0.2) is 0 Å². The van der Waals surface area contributed by atoms with Crippen LogP contribution in [0.3, 0.4) is 0 Å². The first-order valence-electron chi connectivity index (χ1n) is 5.32. The summed E-state index contributed by atoms with van der Waals surface area (Å²) in [4.78, 5) is 15.7. The van der Waals surface area contributed by atoms with E-state index in [0.29, 0.717) is 11.3 Å². The van der Waals surface area contributed by atoms with E-state index in [1.807, 2.05) is 0 Å². The zero-order valence-electron chi connectivity index (χ0n) is 9.43. The van der Waals surface area contributed by atoms with E-state index >= 15 is 0 Å². The third-order valence-corrected chi connectivity index (χ3v) is 2.36. The van der Waals surface area contributed by atoms with Gasteiger partial charge in [-0.2, -0.15) is 0 Å². The van der Waals surface area contributed by atoms with Gasteiger partial charge in [0.05, 0.1) is 18.0 Å². The van der Waals surface area contributed by atoms with E-state index in [1.165, 1.54) is 30.5 Å². The Kier molecular flexibility index (Phi) is 3.64. The maximum Gasteiger partial charge on any atom is 0.255 e. The highest BCUT2D eigenvalue weighted by molar-refractivity contribution is 6.04. The summed E-state index contributed by atoms with van der Waals surface area (Å²) in [6.07, 6.45) is 1.42. The van der Waals surface area contributed by atoms with Gasteiger partial charge in [0, 0.05) is 11.8 Å². The molecule has 1 aromatic heterocycles. The van der Waals surface area contributed by atoms with Crippen LogP contribution in [-0.4, -0.2) is 16.0 Å². The molecule has 5 heteroatoms. The van der Waals surface area contributed by atoms with Crippen LogP contribution in [0.5, 0.6) is 0 Å². The van der Waals surface area contributed by atoms with Crippen LogP contribution in [0.15, 0.2) is 42.6 Å². The fourth-order valence-corrected chi connectivity index (χ4v) is 1.46. The van der Waals surface area contributed by atoms with E-state index < -0.39 is 11.7 Å². The van der Waals surface area contributed by atoms with Crippen molar-refractivity contribution in [3.63, 3.8) is 0 Å². The van der Waals surface area contributed by atoms with Gasteiger partial charge in [-0.15, -0.1) is 0 Å². The number of nitrogens with zero attached hydrogens (tertiary/aromatic N) is 1. The summed E-state index contributed by atoms with van der Waals surface area (Å²) in [6.45, 7) is -0.249. The lowest BCUT2D eigenvalue weighted by Crippen LogP contribution is -2.13. The van der Waals surface area contributed by atoms with Crippen molar-refractivity contribution < 1.29 is 14.3 Å². The van der Waals surface area contributed by atoms with Crippen LogP contribution in [0.2, 0.25) is 0 Å². The molecular formula is C13H11FN2O2. The van der Waals surface area contributed by atoms with Crippen molar-refractivity contribution in [2.75, 3.05) is 5.32 Å². The van der Waals surface area contributed by atoms with Crippen LogP contribution in [0.4, 0.5) is 10.1 Å². The predicted octanol–water partition coefficient (Wildman–Crippen LogP) is 1.97. The molecule has 0 aliphatic carbocycles. The molecule has 1 heterocycles. The van der Waals surface area contributed by atoms with Crippen molar-refractivity contribution in [2.24, 2.45) is 0 Å². The summed E-state index contributed by atoms with van der Waals surface area (Å²) < 4.78 is 13.3. The Morgan fingerprint density at radius 3 is 2.83 bits per heavy atom. The summed E-state index contributed by atoms with van der Waals surface area (Å²) >= 11 is 0. The Morgan fingerprint density at radius 2 is 2.11 bits per heavy atom. The molecule has 1 amide bonds. The first-order chi connectivity index (χ1) is 8.70. The number of nitrogens with one attached hydrogen (secondary N) is 1. The van der Waals surface area contributed by atoms with E-state index in [2.05, 4.69) is 10.3 Å². The van der Waals surface area contributed by atoms with Crippen molar-refractivity contribution in [1.82, 2.24) is 4.98 Å². The lowest BCUT2D eigenvalue weighted by molar-refractivity contribution is 0.102. The van der Waals surface area contributed by atoms with Crippen molar-refractivity contribution >= 4 is 11.6 Å². The first-order valence-corrected chi connectivity index (χ1v) is 5.32. The third-order valence-electron chi connectivity index (χ3n) is 2.36. The van der Waals surface area contributed by atoms with Gasteiger partial charge < -0.3 is 10.4 Å². The van der Waals surface area contributed by atoms with Gasteiger partial charge in [-0.1, -0.05) is 12.1 Å². The second kappa shape index (κ2) is 5.37. The molecule has 92 valence electrons. The van der Waals surface area contributed by atoms with Gasteiger partial charge in [-0.3, -0.25) is 9.78 Å². The monoisotopic (exact) mass is 246 g/mol. The third kappa shape index (κ3) is 2.70. The summed E-state index contributed by atoms with van der Waals surface area (Å²) in [7, 11) is 0. The van der Waals surface area contributed by atoms with E-state index in [9.17, 15) is 9.18 Å². The molecule has 2 rings (SSSR count). The largest absolute Gasteiger partial charge is 0.390 e. The molecule has 0 saturated carbocycles. The molecule has 2 aromatic rings. The van der Waals surface area contributed by atoms with E-state index in [-0.39, 0.29) is 12.3 Å². The molecule has 0 bridgehead atoms. The molecule has 2 N–H and O–H groups in total. The number of aliphatic hydroxyl groups excluding tert-OH is 1. The molecule has 0 aliphatic rings. The van der Waals surface area contributed by atoms with Gasteiger partial charge in [0.2, 0.25) is 0 Å². The van der Waals surface area contributed by atoms with Gasteiger partial charge in [0.1, 0.15) is 5.82 Å². The molecule has 0 fully saturated rings. The van der Waals surface area contributed by atoms with Crippen LogP contribution in [0, 0.1) is 5.82 Å². The molecule has 0 spiro atoms. The number of carbonyl (C=O) groups is 1. The van der Waals surface area contributed by atoms with Crippen LogP contribution in [-0.2, 0) is 6.61 Å². The predicted molar refractivity (Wildman–Crippen MR) is 64.5 cm³/mol. The Labute approximate surface area is 103 Å². The lowest BCUT2D eigenvalue weighted by Gasteiger charge is -2.06. The summed E-state index contributed by atoms with van der Waals surface area (Å²) in [5.74, 6) is -0.945. The normalized spacial score (nSPS) is 10.1. The number of hydrogen-bond acceptors (Lipinski definition) is 3. The SMILES string of the molecule is O=C(Nc1ccccc1F)c1ccnc(CO)c1. The van der Waals surface area contributed by atoms with Crippen LogP contribution in [0.1, 0.15) is 16.1 Å². The molecule has 4 nitrogen and oxygen atoms in total. The van der Waals surface area contributed by atoms with Crippen molar-refractivity contribution in [1.29, 1.82) is 0 Å². The van der Waals surface area contributed by atoms with E-state index in [4.69, 9.17) is 5.11 Å².